The van der Waals surface area contributed by atoms with E-state index in [9.17, 15) is 19.2 Å². The van der Waals surface area contributed by atoms with Gasteiger partial charge in [0.1, 0.15) is 18.4 Å². The average Bonchev–Trinajstić information content (AvgIpc) is 2.98. The van der Waals surface area contributed by atoms with Crippen molar-refractivity contribution in [2.45, 2.75) is 45.5 Å². The summed E-state index contributed by atoms with van der Waals surface area (Å²) in [6.45, 7) is 4.72. The van der Waals surface area contributed by atoms with Crippen molar-refractivity contribution in [3.8, 4) is 5.75 Å². The highest BCUT2D eigenvalue weighted by Gasteiger charge is 2.55. The zero-order valence-electron chi connectivity index (χ0n) is 23.4. The number of ketones is 1. The minimum atomic E-state index is -1.48. The Morgan fingerprint density at radius 1 is 0.902 bits per heavy atom. The van der Waals surface area contributed by atoms with Crippen LogP contribution in [0.2, 0.25) is 0 Å². The summed E-state index contributed by atoms with van der Waals surface area (Å²) in [6, 6.07) is 24.1. The lowest BCUT2D eigenvalue weighted by atomic mass is 9.82. The fourth-order valence-electron chi connectivity index (χ4n) is 4.40. The minimum Gasteiger partial charge on any atom is -0.484 e. The molecule has 1 N–H and O–H groups in total. The molecule has 3 aromatic rings. The van der Waals surface area contributed by atoms with Gasteiger partial charge >= 0.3 is 5.97 Å². The number of esters is 1. The fraction of sp³-hybridized carbons (Fsp3) is 0.273. The molecule has 0 radical (unpaired) electrons. The first-order valence-corrected chi connectivity index (χ1v) is 13.4. The minimum absolute atomic E-state index is 0.0445. The number of benzene rings is 3. The second-order valence-electron chi connectivity index (χ2n) is 10.8. The number of hydrogen-bond donors (Lipinski definition) is 1. The van der Waals surface area contributed by atoms with Crippen molar-refractivity contribution in [3.63, 3.8) is 0 Å². The van der Waals surface area contributed by atoms with Crippen molar-refractivity contribution < 1.29 is 28.7 Å². The molecule has 1 saturated heterocycles. The SMILES string of the molecule is CC(C)(C)C(=O)C(C(=O)OCc1ccccc1)N1C(=O)C(NC(=O)COc2ccccc2)C1C=Cc1ccccc1. The van der Waals surface area contributed by atoms with Crippen LogP contribution >= 0.6 is 0 Å². The Labute approximate surface area is 240 Å². The van der Waals surface area contributed by atoms with Gasteiger partial charge in [0, 0.05) is 5.41 Å². The molecule has 0 aliphatic carbocycles. The van der Waals surface area contributed by atoms with Crippen LogP contribution in [0, 0.1) is 5.41 Å². The number of para-hydroxylation sites is 1. The summed E-state index contributed by atoms with van der Waals surface area (Å²) < 4.78 is 11.1. The number of nitrogens with zero attached hydrogens (tertiary/aromatic N) is 1. The summed E-state index contributed by atoms with van der Waals surface area (Å²) in [6.07, 6.45) is 3.50. The van der Waals surface area contributed by atoms with Gasteiger partial charge in [0.05, 0.1) is 6.04 Å². The summed E-state index contributed by atoms with van der Waals surface area (Å²) in [4.78, 5) is 54.5. The van der Waals surface area contributed by atoms with Gasteiger partial charge in [-0.15, -0.1) is 0 Å². The van der Waals surface area contributed by atoms with Crippen molar-refractivity contribution in [3.05, 3.63) is 108 Å². The predicted molar refractivity (Wildman–Crippen MR) is 154 cm³/mol. The van der Waals surface area contributed by atoms with Gasteiger partial charge in [-0.2, -0.15) is 0 Å². The van der Waals surface area contributed by atoms with Crippen LogP contribution < -0.4 is 10.1 Å². The van der Waals surface area contributed by atoms with E-state index in [0.717, 1.165) is 11.1 Å². The maximum absolute atomic E-state index is 13.6. The van der Waals surface area contributed by atoms with E-state index in [1.165, 1.54) is 4.90 Å². The number of likely N-dealkylation sites (tertiary alicyclic amines) is 1. The average molecular weight is 555 g/mol. The van der Waals surface area contributed by atoms with E-state index < -0.39 is 47.1 Å². The predicted octanol–water partition coefficient (Wildman–Crippen LogP) is 4.20. The van der Waals surface area contributed by atoms with E-state index in [2.05, 4.69) is 5.32 Å². The third-order valence-corrected chi connectivity index (χ3v) is 6.61. The normalized spacial score (nSPS) is 17.4. The summed E-state index contributed by atoms with van der Waals surface area (Å²) in [5.74, 6) is -1.83. The van der Waals surface area contributed by atoms with Crippen LogP contribution in [0.1, 0.15) is 31.9 Å². The molecule has 3 atom stereocenters. The molecule has 1 fully saturated rings. The van der Waals surface area contributed by atoms with E-state index >= 15 is 0 Å². The highest BCUT2D eigenvalue weighted by atomic mass is 16.5. The molecule has 212 valence electrons. The van der Waals surface area contributed by atoms with Gasteiger partial charge < -0.3 is 19.7 Å². The summed E-state index contributed by atoms with van der Waals surface area (Å²) in [5, 5.41) is 2.71. The number of rotatable bonds is 11. The highest BCUT2D eigenvalue weighted by molar-refractivity contribution is 6.10. The molecule has 1 aliphatic rings. The number of nitrogens with one attached hydrogen (secondary N) is 1. The lowest BCUT2D eigenvalue weighted by Gasteiger charge is -2.49. The van der Waals surface area contributed by atoms with E-state index in [4.69, 9.17) is 9.47 Å². The molecule has 2 amide bonds. The van der Waals surface area contributed by atoms with Crippen LogP contribution in [0.25, 0.3) is 6.08 Å². The molecule has 1 heterocycles. The number of carbonyl (C=O) groups is 4. The number of β-lactam (4-membered cyclic amide) rings is 1. The van der Waals surface area contributed by atoms with Crippen LogP contribution in [-0.4, -0.2) is 53.2 Å². The Bertz CT molecular complexity index is 1380. The van der Waals surface area contributed by atoms with E-state index in [0.29, 0.717) is 5.75 Å². The second kappa shape index (κ2) is 13.1. The lowest BCUT2D eigenvalue weighted by Crippen LogP contribution is -2.75. The zero-order chi connectivity index (χ0) is 29.4. The molecule has 4 rings (SSSR count). The van der Waals surface area contributed by atoms with Crippen molar-refractivity contribution in [2.75, 3.05) is 6.61 Å². The molecule has 0 saturated carbocycles. The highest BCUT2D eigenvalue weighted by Crippen LogP contribution is 2.31. The van der Waals surface area contributed by atoms with Crippen LogP contribution in [0.4, 0.5) is 0 Å². The lowest BCUT2D eigenvalue weighted by molar-refractivity contribution is -0.172. The number of carbonyl (C=O) groups excluding carboxylic acids is 4. The smallest absolute Gasteiger partial charge is 0.337 e. The van der Waals surface area contributed by atoms with Crippen LogP contribution in [0.15, 0.2) is 97.1 Å². The van der Waals surface area contributed by atoms with Crippen LogP contribution in [-0.2, 0) is 30.5 Å². The number of Topliss-reactive ketones (excluding diaryl/α,β-unsaturated/α-hetero) is 1. The number of ether oxygens (including phenoxy) is 2. The quantitative estimate of drug-likeness (QED) is 0.217. The second-order valence-corrected chi connectivity index (χ2v) is 10.8. The van der Waals surface area contributed by atoms with Gasteiger partial charge in [-0.05, 0) is 23.3 Å². The van der Waals surface area contributed by atoms with Gasteiger partial charge in [0.15, 0.2) is 18.4 Å². The van der Waals surface area contributed by atoms with Crippen LogP contribution in [0.5, 0.6) is 5.75 Å². The standard InChI is InChI=1S/C33H34N2O6/c1-33(2,3)30(37)29(32(39)41-21-24-15-9-5-10-16-24)35-26(20-19-23-13-7-4-8-14-23)28(31(35)38)34-27(36)22-40-25-17-11-6-12-18-25/h4-20,26,28-29H,21-22H2,1-3H3,(H,34,36). The molecular formula is C33H34N2O6. The van der Waals surface area contributed by atoms with Crippen molar-refractivity contribution in [2.24, 2.45) is 5.41 Å². The summed E-state index contributed by atoms with van der Waals surface area (Å²) in [7, 11) is 0. The molecule has 8 heteroatoms. The third kappa shape index (κ3) is 7.48. The van der Waals surface area contributed by atoms with Gasteiger partial charge in [-0.1, -0.05) is 112 Å². The first kappa shape index (κ1) is 29.3. The molecule has 3 aromatic carbocycles. The van der Waals surface area contributed by atoms with Gasteiger partial charge in [0.2, 0.25) is 5.91 Å². The number of amides is 2. The number of hydrogen-bond acceptors (Lipinski definition) is 6. The first-order chi connectivity index (χ1) is 19.6. The fourth-order valence-corrected chi connectivity index (χ4v) is 4.40. The monoisotopic (exact) mass is 554 g/mol. The van der Waals surface area contributed by atoms with Crippen molar-refractivity contribution in [1.29, 1.82) is 0 Å². The Hall–Kier alpha value is -4.72. The topological polar surface area (TPSA) is 102 Å². The molecule has 0 spiro atoms. The molecular weight excluding hydrogens is 520 g/mol. The molecule has 1 aliphatic heterocycles. The Kier molecular flexibility index (Phi) is 9.34. The first-order valence-electron chi connectivity index (χ1n) is 13.4. The van der Waals surface area contributed by atoms with Crippen molar-refractivity contribution >= 4 is 29.6 Å². The summed E-state index contributed by atoms with van der Waals surface area (Å²) >= 11 is 0. The van der Waals surface area contributed by atoms with Gasteiger partial charge in [-0.3, -0.25) is 14.4 Å². The Morgan fingerprint density at radius 2 is 1.49 bits per heavy atom. The third-order valence-electron chi connectivity index (χ3n) is 6.61. The largest absolute Gasteiger partial charge is 0.484 e. The summed E-state index contributed by atoms with van der Waals surface area (Å²) in [5.41, 5.74) is 0.666. The molecule has 3 unspecified atom stereocenters. The zero-order valence-corrected chi connectivity index (χ0v) is 23.4. The van der Waals surface area contributed by atoms with Crippen LogP contribution in [0.3, 0.4) is 0 Å². The van der Waals surface area contributed by atoms with E-state index in [1.54, 1.807) is 69.3 Å². The van der Waals surface area contributed by atoms with E-state index in [1.807, 2.05) is 54.6 Å². The maximum atomic E-state index is 13.6. The van der Waals surface area contributed by atoms with E-state index in [-0.39, 0.29) is 13.2 Å². The Balaban J connectivity index is 1.57. The van der Waals surface area contributed by atoms with Gasteiger partial charge in [0.25, 0.3) is 5.91 Å². The van der Waals surface area contributed by atoms with Crippen molar-refractivity contribution in [1.82, 2.24) is 10.2 Å². The molecule has 41 heavy (non-hydrogen) atoms. The van der Waals surface area contributed by atoms with Gasteiger partial charge in [-0.25, -0.2) is 4.79 Å². The maximum Gasteiger partial charge on any atom is 0.337 e. The molecule has 8 nitrogen and oxygen atoms in total. The Morgan fingerprint density at radius 3 is 2.10 bits per heavy atom. The molecule has 0 bridgehead atoms. The molecule has 0 aromatic heterocycles.